The zero-order valence-corrected chi connectivity index (χ0v) is 33.2. The van der Waals surface area contributed by atoms with E-state index in [9.17, 15) is 0 Å². The van der Waals surface area contributed by atoms with Crippen molar-refractivity contribution in [3.05, 3.63) is 6.58 Å². The van der Waals surface area contributed by atoms with E-state index in [1.165, 1.54) is 34.0 Å². The van der Waals surface area contributed by atoms with E-state index >= 15 is 0 Å². The van der Waals surface area contributed by atoms with Gasteiger partial charge in [0.05, 0.1) is 34.0 Å². The van der Waals surface area contributed by atoms with Gasteiger partial charge in [0.25, 0.3) is 0 Å². The summed E-state index contributed by atoms with van der Waals surface area (Å²) >= 11 is -1.60. The fourth-order valence-corrected chi connectivity index (χ4v) is 21.1. The quantitative estimate of drug-likeness (QED) is 0.187. The number of hydrogen-bond acceptors (Lipinski definition) is 0. The number of rotatable bonds is 6. The van der Waals surface area contributed by atoms with E-state index in [4.69, 9.17) is 19.4 Å². The SMILES string of the molecule is C1CCC([PH+](C2CCCCC2)C2CCCCC2)CC1.C1CCC([PH+](C2CCCCC2)C2CCCCC2)CC1.C=[C]=[Ru]([Cl])[Cl]. The Hall–Kier alpha value is 1.71. The summed E-state index contributed by atoms with van der Waals surface area (Å²) in [5.41, 5.74) is 7.36. The van der Waals surface area contributed by atoms with Crippen LogP contribution in [0, 0.1) is 0 Å². The Morgan fingerprint density at radius 2 is 0.488 bits per heavy atom. The second-order valence-corrected chi connectivity index (χ2v) is 27.7. The van der Waals surface area contributed by atoms with E-state index in [0.29, 0.717) is 0 Å². The normalized spacial score (nSPS) is 26.7. The zero-order valence-electron chi connectivity index (χ0n) is 28.0. The van der Waals surface area contributed by atoms with Crippen LogP contribution >= 0.6 is 35.2 Å². The van der Waals surface area contributed by atoms with Crippen LogP contribution in [0.15, 0.2) is 6.58 Å². The van der Waals surface area contributed by atoms with Crippen molar-refractivity contribution in [3.63, 3.8) is 0 Å². The Labute approximate surface area is 284 Å². The molecular weight excluding hydrogens is 690 g/mol. The molecule has 0 heterocycles. The van der Waals surface area contributed by atoms with Crippen molar-refractivity contribution in [2.24, 2.45) is 0 Å². The van der Waals surface area contributed by atoms with Gasteiger partial charge in [-0.05, 0) is 154 Å². The van der Waals surface area contributed by atoms with Crippen molar-refractivity contribution in [2.45, 2.75) is 227 Å². The maximum atomic E-state index is 5.20. The van der Waals surface area contributed by atoms with E-state index < -0.39 is 13.5 Å². The van der Waals surface area contributed by atoms with Gasteiger partial charge >= 0.3 is 43.7 Å². The van der Waals surface area contributed by atoms with Gasteiger partial charge in [-0.1, -0.05) is 38.5 Å². The van der Waals surface area contributed by atoms with Crippen molar-refractivity contribution in [1.82, 2.24) is 0 Å². The second kappa shape index (κ2) is 22.4. The molecule has 6 aliphatic rings. The third-order valence-electron chi connectivity index (χ3n) is 12.6. The van der Waals surface area contributed by atoms with Crippen molar-refractivity contribution in [3.8, 4) is 0 Å². The fraction of sp³-hybridized carbons (Fsp3) is 0.947. The van der Waals surface area contributed by atoms with Gasteiger partial charge in [-0.3, -0.25) is 0 Å². The van der Waals surface area contributed by atoms with Gasteiger partial charge in [0.1, 0.15) is 0 Å². The van der Waals surface area contributed by atoms with E-state index in [1.807, 2.05) is 0 Å². The molecule has 6 fully saturated rings. The molecule has 0 aromatic rings. The molecule has 0 aliphatic heterocycles. The molecular formula is C38H70Cl2P2Ru+2. The first-order valence-corrected chi connectivity index (χ1v) is 28.2. The molecule has 0 spiro atoms. The minimum atomic E-state index is -1.60. The summed E-state index contributed by atoms with van der Waals surface area (Å²) in [6.45, 7) is 3.24. The van der Waals surface area contributed by atoms with Gasteiger partial charge in [0.2, 0.25) is 0 Å². The summed E-state index contributed by atoms with van der Waals surface area (Å²) in [5.74, 6) is 0. The molecule has 0 saturated heterocycles. The first-order valence-electron chi connectivity index (χ1n) is 19.4. The van der Waals surface area contributed by atoms with Crippen molar-refractivity contribution < 1.29 is 13.5 Å². The molecule has 252 valence electrons. The molecule has 0 bridgehead atoms. The van der Waals surface area contributed by atoms with Crippen LogP contribution in [-0.2, 0) is 13.5 Å². The topological polar surface area (TPSA) is 0 Å². The average molecular weight is 761 g/mol. The molecule has 0 radical (unpaired) electrons. The summed E-state index contributed by atoms with van der Waals surface area (Å²) in [7, 11) is 10.3. The van der Waals surface area contributed by atoms with Crippen LogP contribution in [0.3, 0.4) is 0 Å². The number of halogens is 2. The predicted molar refractivity (Wildman–Crippen MR) is 200 cm³/mol. The van der Waals surface area contributed by atoms with Crippen molar-refractivity contribution >= 4 is 39.5 Å². The van der Waals surface area contributed by atoms with Crippen molar-refractivity contribution in [2.75, 3.05) is 0 Å². The van der Waals surface area contributed by atoms with Gasteiger partial charge in [-0.15, -0.1) is 0 Å². The maximum absolute atomic E-state index is 5.20. The van der Waals surface area contributed by atoms with Gasteiger partial charge in [-0.2, -0.15) is 0 Å². The van der Waals surface area contributed by atoms with Gasteiger partial charge in [-0.25, -0.2) is 0 Å². The minimum absolute atomic E-state index is 0.0465. The first kappa shape index (κ1) is 37.5. The van der Waals surface area contributed by atoms with Gasteiger partial charge < -0.3 is 0 Å². The van der Waals surface area contributed by atoms with E-state index in [-0.39, 0.29) is 15.8 Å². The summed E-state index contributed by atoms with van der Waals surface area (Å²) in [4.78, 5) is 0. The van der Waals surface area contributed by atoms with Crippen LogP contribution < -0.4 is 0 Å². The fourth-order valence-electron chi connectivity index (χ4n) is 10.6. The van der Waals surface area contributed by atoms with E-state index in [1.54, 1.807) is 193 Å². The third kappa shape index (κ3) is 13.3. The van der Waals surface area contributed by atoms with Crippen LogP contribution in [0.25, 0.3) is 0 Å². The summed E-state index contributed by atoms with van der Waals surface area (Å²) in [6, 6.07) is 0. The first-order chi connectivity index (χ1) is 21.2. The molecule has 5 heteroatoms. The zero-order chi connectivity index (χ0) is 30.1. The monoisotopic (exact) mass is 760 g/mol. The third-order valence-corrected chi connectivity index (χ3v) is 23.3. The molecule has 0 aromatic carbocycles. The Bertz CT molecular complexity index is 621. The van der Waals surface area contributed by atoms with Crippen LogP contribution in [0.1, 0.15) is 193 Å². The molecule has 0 N–H and O–H groups in total. The molecule has 0 nitrogen and oxygen atoms in total. The molecule has 43 heavy (non-hydrogen) atoms. The molecule has 0 atom stereocenters. The van der Waals surface area contributed by atoms with Crippen LogP contribution in [0.2, 0.25) is 0 Å². The number of hydrogen-bond donors (Lipinski definition) is 0. The average Bonchev–Trinajstić information content (AvgIpc) is 3.09. The summed E-state index contributed by atoms with van der Waals surface area (Å²) < 4.78 is 2.45. The Kier molecular flexibility index (Phi) is 19.5. The summed E-state index contributed by atoms with van der Waals surface area (Å²) in [5, 5.41) is 0. The summed E-state index contributed by atoms with van der Waals surface area (Å²) in [6.07, 6.45) is 47.6. The molecule has 0 aromatic heterocycles. The van der Waals surface area contributed by atoms with Crippen molar-refractivity contribution in [1.29, 1.82) is 0 Å². The molecule has 0 unspecified atom stereocenters. The van der Waals surface area contributed by atoms with Gasteiger partial charge in [0, 0.05) is 15.8 Å². The van der Waals surface area contributed by atoms with Crippen LogP contribution in [0.4, 0.5) is 0 Å². The Balaban J connectivity index is 0.000000171. The van der Waals surface area contributed by atoms with Crippen LogP contribution in [-0.4, -0.2) is 38.2 Å². The molecule has 6 saturated carbocycles. The molecule has 0 amide bonds. The Morgan fingerprint density at radius 3 is 0.605 bits per heavy atom. The van der Waals surface area contributed by atoms with E-state index in [2.05, 4.69) is 10.8 Å². The van der Waals surface area contributed by atoms with Gasteiger partial charge in [0.15, 0.2) is 0 Å². The van der Waals surface area contributed by atoms with Crippen LogP contribution in [0.5, 0.6) is 0 Å². The Morgan fingerprint density at radius 1 is 0.349 bits per heavy atom. The van der Waals surface area contributed by atoms with E-state index in [0.717, 1.165) is 0 Å². The second-order valence-electron chi connectivity index (χ2n) is 15.3. The molecule has 6 aliphatic carbocycles. The molecule has 6 rings (SSSR count). The standard InChI is InChI=1S/2C18H33P.C2H2.2ClH.Ru/c2*1-4-10-16(11-5-1)19(17-12-6-2-7-13-17)18-14-8-3-9-15-18;1-2;;;/h2*16-18H,1-15H2;1H2;2*1H;/q;;;;;+2. The predicted octanol–water partition coefficient (Wildman–Crippen LogP) is 13.9.